The molecule has 0 unspecified atom stereocenters. The zero-order chi connectivity index (χ0) is 13.8. The Balaban J connectivity index is 1.98. The lowest BCUT2D eigenvalue weighted by Gasteiger charge is -2.20. The Morgan fingerprint density at radius 1 is 1.42 bits per heavy atom. The van der Waals surface area contributed by atoms with Gasteiger partial charge < -0.3 is 10.6 Å². The number of nitrogens with two attached hydrogens (primary N) is 1. The predicted octanol–water partition coefficient (Wildman–Crippen LogP) is 1.74. The zero-order valence-corrected chi connectivity index (χ0v) is 11.8. The molecule has 0 bridgehead atoms. The lowest BCUT2D eigenvalue weighted by atomic mass is 10.3. The van der Waals surface area contributed by atoms with Gasteiger partial charge in [-0.1, -0.05) is 11.6 Å². The average molecular weight is 281 g/mol. The molecule has 0 saturated heterocycles. The van der Waals surface area contributed by atoms with Gasteiger partial charge in [-0.15, -0.1) is 0 Å². The van der Waals surface area contributed by atoms with Crippen LogP contribution in [0.2, 0.25) is 5.02 Å². The van der Waals surface area contributed by atoms with Crippen LogP contribution >= 0.6 is 11.6 Å². The van der Waals surface area contributed by atoms with Crippen LogP contribution in [-0.4, -0.2) is 33.3 Å². The van der Waals surface area contributed by atoms with Crippen molar-refractivity contribution in [1.82, 2.24) is 19.7 Å². The quantitative estimate of drug-likeness (QED) is 0.903. The Bertz CT molecular complexity index is 539. The summed E-state index contributed by atoms with van der Waals surface area (Å²) < 4.78 is 1.90. The molecule has 6 nitrogen and oxygen atoms in total. The summed E-state index contributed by atoms with van der Waals surface area (Å²) in [5, 5.41) is 4.71. The van der Waals surface area contributed by atoms with E-state index in [2.05, 4.69) is 15.1 Å². The van der Waals surface area contributed by atoms with Gasteiger partial charge >= 0.3 is 0 Å². The smallest absolute Gasteiger partial charge is 0.222 e. The van der Waals surface area contributed by atoms with Crippen molar-refractivity contribution < 1.29 is 0 Å². The fourth-order valence-corrected chi connectivity index (χ4v) is 2.06. The molecule has 2 N–H and O–H groups in total. The number of hydrogen-bond donors (Lipinski definition) is 1. The van der Waals surface area contributed by atoms with Crippen LogP contribution in [0.3, 0.4) is 0 Å². The van der Waals surface area contributed by atoms with Gasteiger partial charge in [0.1, 0.15) is 5.02 Å². The van der Waals surface area contributed by atoms with Crippen LogP contribution in [0, 0.1) is 6.92 Å². The topological polar surface area (TPSA) is 72.9 Å². The van der Waals surface area contributed by atoms with E-state index in [9.17, 15) is 0 Å². The molecule has 19 heavy (non-hydrogen) atoms. The van der Waals surface area contributed by atoms with Crippen molar-refractivity contribution in [1.29, 1.82) is 0 Å². The fourth-order valence-electron chi connectivity index (χ4n) is 1.83. The van der Waals surface area contributed by atoms with E-state index in [-0.39, 0.29) is 5.95 Å². The molecule has 0 aliphatic heterocycles. The van der Waals surface area contributed by atoms with E-state index in [1.807, 2.05) is 35.8 Å². The first-order valence-electron chi connectivity index (χ1n) is 6.06. The molecular weight excluding hydrogens is 264 g/mol. The summed E-state index contributed by atoms with van der Waals surface area (Å²) in [5.41, 5.74) is 6.35. The third-order valence-corrected chi connectivity index (χ3v) is 3.26. The minimum absolute atomic E-state index is 0.246. The summed E-state index contributed by atoms with van der Waals surface area (Å²) in [4.78, 5) is 10.2. The second-order valence-electron chi connectivity index (χ2n) is 4.35. The Morgan fingerprint density at radius 2 is 2.21 bits per heavy atom. The van der Waals surface area contributed by atoms with E-state index in [1.165, 1.54) is 0 Å². The van der Waals surface area contributed by atoms with Gasteiger partial charge in [-0.25, -0.2) is 4.98 Å². The molecule has 0 radical (unpaired) electrons. The molecular formula is C12H17ClN6. The number of nitrogen functional groups attached to an aromatic ring is 1. The van der Waals surface area contributed by atoms with Crippen molar-refractivity contribution in [3.05, 3.63) is 29.2 Å². The summed E-state index contributed by atoms with van der Waals surface area (Å²) in [6.07, 6.45) is 4.66. The fraction of sp³-hybridized carbons (Fsp3) is 0.417. The minimum Gasteiger partial charge on any atom is -0.368 e. The Morgan fingerprint density at radius 3 is 2.89 bits per heavy atom. The van der Waals surface area contributed by atoms with Gasteiger partial charge in [0.2, 0.25) is 5.95 Å². The average Bonchev–Trinajstić information content (AvgIpc) is 2.86. The number of aromatic nitrogens is 4. The highest BCUT2D eigenvalue weighted by molar-refractivity contribution is 6.33. The van der Waals surface area contributed by atoms with Crippen LogP contribution in [0.4, 0.5) is 11.8 Å². The van der Waals surface area contributed by atoms with Gasteiger partial charge in [0.25, 0.3) is 0 Å². The van der Waals surface area contributed by atoms with Crippen molar-refractivity contribution in [3.63, 3.8) is 0 Å². The van der Waals surface area contributed by atoms with Crippen LogP contribution in [0.25, 0.3) is 0 Å². The van der Waals surface area contributed by atoms with Crippen molar-refractivity contribution in [2.24, 2.45) is 0 Å². The first kappa shape index (κ1) is 13.6. The van der Waals surface area contributed by atoms with Crippen molar-refractivity contribution in [3.8, 4) is 0 Å². The summed E-state index contributed by atoms with van der Waals surface area (Å²) in [7, 11) is 1.94. The van der Waals surface area contributed by atoms with Crippen LogP contribution in [-0.2, 0) is 6.54 Å². The van der Waals surface area contributed by atoms with Gasteiger partial charge in [0, 0.05) is 32.5 Å². The molecule has 2 aromatic heterocycles. The summed E-state index contributed by atoms with van der Waals surface area (Å²) in [6.45, 7) is 3.49. The Hall–Kier alpha value is -1.82. The van der Waals surface area contributed by atoms with Crippen LogP contribution < -0.4 is 10.6 Å². The van der Waals surface area contributed by atoms with Crippen molar-refractivity contribution >= 4 is 23.4 Å². The molecule has 0 aliphatic carbocycles. The highest BCUT2D eigenvalue weighted by atomic mass is 35.5. The highest BCUT2D eigenvalue weighted by Gasteiger charge is 2.12. The minimum atomic E-state index is 0.246. The number of aryl methyl sites for hydroxylation is 2. The van der Waals surface area contributed by atoms with E-state index in [4.69, 9.17) is 17.3 Å². The first-order valence-corrected chi connectivity index (χ1v) is 6.44. The summed E-state index contributed by atoms with van der Waals surface area (Å²) in [5.74, 6) is 0.919. The van der Waals surface area contributed by atoms with Crippen molar-refractivity contribution in [2.75, 3.05) is 24.2 Å². The Labute approximate surface area is 117 Å². The molecule has 0 atom stereocenters. The van der Waals surface area contributed by atoms with Gasteiger partial charge in [-0.2, -0.15) is 10.1 Å². The molecule has 2 rings (SSSR count). The van der Waals surface area contributed by atoms with E-state index >= 15 is 0 Å². The van der Waals surface area contributed by atoms with E-state index in [0.29, 0.717) is 16.5 Å². The second-order valence-corrected chi connectivity index (χ2v) is 4.73. The molecule has 7 heteroatoms. The molecule has 0 aromatic carbocycles. The number of hydrogen-bond acceptors (Lipinski definition) is 5. The standard InChI is InChI=1S/C12H17ClN6/c1-9-10(13)11(17-12(14)16-9)18(2)6-4-8-19-7-3-5-15-19/h3,5,7H,4,6,8H2,1-2H3,(H2,14,16,17). The lowest BCUT2D eigenvalue weighted by molar-refractivity contribution is 0.577. The number of anilines is 2. The molecule has 0 saturated carbocycles. The molecule has 102 valence electrons. The number of rotatable bonds is 5. The molecule has 0 fully saturated rings. The van der Waals surface area contributed by atoms with Gasteiger partial charge in [-0.3, -0.25) is 4.68 Å². The van der Waals surface area contributed by atoms with Gasteiger partial charge in [0.05, 0.1) is 5.69 Å². The monoisotopic (exact) mass is 280 g/mol. The second kappa shape index (κ2) is 5.88. The molecule has 2 aromatic rings. The number of halogens is 1. The van der Waals surface area contributed by atoms with Crippen LogP contribution in [0.15, 0.2) is 18.5 Å². The summed E-state index contributed by atoms with van der Waals surface area (Å²) in [6, 6.07) is 1.91. The van der Waals surface area contributed by atoms with Crippen LogP contribution in [0.1, 0.15) is 12.1 Å². The lowest BCUT2D eigenvalue weighted by Crippen LogP contribution is -2.22. The molecule has 0 spiro atoms. The highest BCUT2D eigenvalue weighted by Crippen LogP contribution is 2.25. The Kier molecular flexibility index (Phi) is 4.21. The first-order chi connectivity index (χ1) is 9.08. The zero-order valence-electron chi connectivity index (χ0n) is 11.0. The summed E-state index contributed by atoms with van der Waals surface area (Å²) >= 11 is 6.20. The van der Waals surface area contributed by atoms with Crippen LogP contribution in [0.5, 0.6) is 0 Å². The predicted molar refractivity (Wildman–Crippen MR) is 76.3 cm³/mol. The SMILES string of the molecule is Cc1nc(N)nc(N(C)CCCn2cccn2)c1Cl. The molecule has 0 aliphatic rings. The molecule has 2 heterocycles. The van der Waals surface area contributed by atoms with E-state index < -0.39 is 0 Å². The molecule has 0 amide bonds. The van der Waals surface area contributed by atoms with E-state index in [0.717, 1.165) is 19.5 Å². The van der Waals surface area contributed by atoms with Gasteiger partial charge in [-0.05, 0) is 19.4 Å². The largest absolute Gasteiger partial charge is 0.368 e. The third-order valence-electron chi connectivity index (χ3n) is 2.82. The normalized spacial score (nSPS) is 10.7. The van der Waals surface area contributed by atoms with E-state index in [1.54, 1.807) is 6.20 Å². The maximum Gasteiger partial charge on any atom is 0.222 e. The number of nitrogens with zero attached hydrogens (tertiary/aromatic N) is 5. The maximum atomic E-state index is 6.20. The maximum absolute atomic E-state index is 6.20. The van der Waals surface area contributed by atoms with Crippen molar-refractivity contribution in [2.45, 2.75) is 19.9 Å². The third kappa shape index (κ3) is 3.35. The van der Waals surface area contributed by atoms with Gasteiger partial charge in [0.15, 0.2) is 5.82 Å².